The maximum atomic E-state index is 14.6. The summed E-state index contributed by atoms with van der Waals surface area (Å²) in [4.78, 5) is 37.3. The first-order valence-corrected chi connectivity index (χ1v) is 11.1. The number of likely N-dealkylation sites (tertiary alicyclic amines) is 1. The van der Waals surface area contributed by atoms with E-state index in [4.69, 9.17) is 0 Å². The molecule has 2 N–H and O–H groups in total. The lowest BCUT2D eigenvalue weighted by molar-refractivity contribution is -0.111. The minimum absolute atomic E-state index is 0.00229. The van der Waals surface area contributed by atoms with Gasteiger partial charge in [0.1, 0.15) is 5.82 Å². The Balaban J connectivity index is 1.35. The van der Waals surface area contributed by atoms with Crippen molar-refractivity contribution in [2.45, 2.75) is 12.5 Å². The third-order valence-electron chi connectivity index (χ3n) is 5.51. The Morgan fingerprint density at radius 1 is 1.24 bits per heavy atom. The minimum Gasteiger partial charge on any atom is -0.350 e. The number of anilines is 2. The second-order valence-corrected chi connectivity index (χ2v) is 8.48. The number of carbonyl (C=O) groups excluding carboxylic acids is 2. The maximum absolute atomic E-state index is 14.6. The monoisotopic (exact) mass is 462 g/mol. The Kier molecular flexibility index (Phi) is 7.12. The van der Waals surface area contributed by atoms with Gasteiger partial charge in [0, 0.05) is 48.9 Å². The Morgan fingerprint density at radius 2 is 2.06 bits per heavy atom. The quantitative estimate of drug-likeness (QED) is 0.525. The van der Waals surface area contributed by atoms with Crippen molar-refractivity contribution < 1.29 is 14.0 Å². The van der Waals surface area contributed by atoms with Gasteiger partial charge in [0.15, 0.2) is 0 Å². The number of carbonyl (C=O) groups is 2. The Morgan fingerprint density at radius 3 is 2.85 bits per heavy atom. The summed E-state index contributed by atoms with van der Waals surface area (Å²) in [6.07, 6.45) is 5.54. The predicted octanol–water partition coefficient (Wildman–Crippen LogP) is 3.15. The van der Waals surface area contributed by atoms with E-state index in [0.717, 1.165) is 23.4 Å². The molecule has 4 rings (SSSR count). The number of nitrogens with one attached hydrogen (secondary N) is 2. The Bertz CT molecular complexity index is 1230. The van der Waals surface area contributed by atoms with Gasteiger partial charge in [-0.3, -0.25) is 9.59 Å². The molecule has 2 amide bonds. The van der Waals surface area contributed by atoms with E-state index in [-0.39, 0.29) is 23.2 Å². The summed E-state index contributed by atoms with van der Waals surface area (Å²) < 4.78 is 14.6. The standard InChI is InChI=1S/C25H27FN6O2/c1-31(2)12-5-8-23(33)29-22-10-9-17(14-20(22)26)24(34)32-13-11-19(16-32)28-25-27-15-18-6-3-4-7-21(18)30-25/h3-10,14-15,19H,11-13,16H2,1-2H3,(H,29,33)(H,27,28,30)/b8-5+. The molecule has 1 saturated heterocycles. The fourth-order valence-corrected chi connectivity index (χ4v) is 3.76. The summed E-state index contributed by atoms with van der Waals surface area (Å²) in [5.74, 6) is -0.821. The van der Waals surface area contributed by atoms with E-state index in [2.05, 4.69) is 20.6 Å². The summed E-state index contributed by atoms with van der Waals surface area (Å²) in [6, 6.07) is 11.8. The van der Waals surface area contributed by atoms with Crippen molar-refractivity contribution in [2.24, 2.45) is 0 Å². The highest BCUT2D eigenvalue weighted by Gasteiger charge is 2.28. The number of hydrogen-bond acceptors (Lipinski definition) is 6. The van der Waals surface area contributed by atoms with Crippen LogP contribution < -0.4 is 10.6 Å². The second kappa shape index (κ2) is 10.4. The first kappa shape index (κ1) is 23.3. The van der Waals surface area contributed by atoms with E-state index < -0.39 is 11.7 Å². The van der Waals surface area contributed by atoms with Gasteiger partial charge in [0.05, 0.1) is 11.2 Å². The molecule has 0 saturated carbocycles. The van der Waals surface area contributed by atoms with Crippen LogP contribution in [0.1, 0.15) is 16.8 Å². The zero-order chi connectivity index (χ0) is 24.1. The third kappa shape index (κ3) is 5.74. The van der Waals surface area contributed by atoms with Gasteiger partial charge in [-0.05, 0) is 44.8 Å². The lowest BCUT2D eigenvalue weighted by Gasteiger charge is -2.18. The molecule has 0 spiro atoms. The molecule has 3 aromatic rings. The minimum atomic E-state index is -0.654. The SMILES string of the molecule is CN(C)C/C=C/C(=O)Nc1ccc(C(=O)N2CCC(Nc3ncc4ccccc4n3)C2)cc1F. The van der Waals surface area contributed by atoms with E-state index in [1.807, 2.05) is 43.3 Å². The molecule has 1 atom stereocenters. The van der Waals surface area contributed by atoms with E-state index in [9.17, 15) is 14.0 Å². The number of nitrogens with zero attached hydrogens (tertiary/aromatic N) is 4. The van der Waals surface area contributed by atoms with Crippen molar-refractivity contribution in [3.05, 3.63) is 72.2 Å². The molecule has 0 bridgehead atoms. The Hall–Kier alpha value is -3.85. The van der Waals surface area contributed by atoms with Crippen LogP contribution in [-0.2, 0) is 4.79 Å². The van der Waals surface area contributed by atoms with Gasteiger partial charge in [0.2, 0.25) is 11.9 Å². The second-order valence-electron chi connectivity index (χ2n) is 8.48. The fraction of sp³-hybridized carbons (Fsp3) is 0.280. The van der Waals surface area contributed by atoms with Crippen LogP contribution in [0.2, 0.25) is 0 Å². The van der Waals surface area contributed by atoms with Gasteiger partial charge in [0.25, 0.3) is 5.91 Å². The van der Waals surface area contributed by atoms with Gasteiger partial charge in [-0.25, -0.2) is 14.4 Å². The summed E-state index contributed by atoms with van der Waals surface area (Å²) >= 11 is 0. The predicted molar refractivity (Wildman–Crippen MR) is 130 cm³/mol. The molecule has 1 aliphatic rings. The summed E-state index contributed by atoms with van der Waals surface area (Å²) in [5, 5.41) is 6.75. The highest BCUT2D eigenvalue weighted by Crippen LogP contribution is 2.21. The molecule has 9 heteroatoms. The number of likely N-dealkylation sites (N-methyl/N-ethyl adjacent to an activating group) is 1. The summed E-state index contributed by atoms with van der Waals surface area (Å²) in [6.45, 7) is 1.61. The molecule has 0 radical (unpaired) electrons. The number of fused-ring (bicyclic) bond motifs is 1. The van der Waals surface area contributed by atoms with Crippen LogP contribution in [0.3, 0.4) is 0 Å². The number of para-hydroxylation sites is 1. The fourth-order valence-electron chi connectivity index (χ4n) is 3.76. The molecule has 8 nitrogen and oxygen atoms in total. The largest absolute Gasteiger partial charge is 0.350 e. The highest BCUT2D eigenvalue weighted by atomic mass is 19.1. The summed E-state index contributed by atoms with van der Waals surface area (Å²) in [7, 11) is 3.76. The van der Waals surface area contributed by atoms with Crippen molar-refractivity contribution in [3.8, 4) is 0 Å². The van der Waals surface area contributed by atoms with Crippen molar-refractivity contribution in [1.82, 2.24) is 19.8 Å². The molecule has 1 aliphatic heterocycles. The number of benzene rings is 2. The number of halogens is 1. The van der Waals surface area contributed by atoms with E-state index in [1.54, 1.807) is 17.2 Å². The molecule has 1 unspecified atom stereocenters. The molecular weight excluding hydrogens is 435 g/mol. The van der Waals surface area contributed by atoms with Crippen molar-refractivity contribution >= 4 is 34.4 Å². The molecule has 1 fully saturated rings. The normalized spacial score (nSPS) is 15.9. The lowest BCUT2D eigenvalue weighted by atomic mass is 10.1. The average molecular weight is 463 g/mol. The van der Waals surface area contributed by atoms with Crippen LogP contribution in [0.25, 0.3) is 10.9 Å². The van der Waals surface area contributed by atoms with Crippen LogP contribution in [-0.4, -0.2) is 71.4 Å². The molecule has 0 aliphatic carbocycles. The lowest BCUT2D eigenvalue weighted by Crippen LogP contribution is -2.32. The molecule has 2 heterocycles. The maximum Gasteiger partial charge on any atom is 0.254 e. The highest BCUT2D eigenvalue weighted by molar-refractivity contribution is 6.00. The van der Waals surface area contributed by atoms with Crippen LogP contribution >= 0.6 is 0 Å². The van der Waals surface area contributed by atoms with Gasteiger partial charge in [-0.2, -0.15) is 0 Å². The first-order chi connectivity index (χ1) is 16.4. The molecular formula is C25H27FN6O2. The topological polar surface area (TPSA) is 90.5 Å². The Labute approximate surface area is 197 Å². The smallest absolute Gasteiger partial charge is 0.254 e. The number of rotatable bonds is 7. The first-order valence-electron chi connectivity index (χ1n) is 11.1. The molecule has 1 aromatic heterocycles. The zero-order valence-electron chi connectivity index (χ0n) is 19.2. The molecule has 34 heavy (non-hydrogen) atoms. The van der Waals surface area contributed by atoms with Crippen LogP contribution in [0.4, 0.5) is 16.0 Å². The third-order valence-corrected chi connectivity index (χ3v) is 5.51. The number of amides is 2. The van der Waals surface area contributed by atoms with Gasteiger partial charge >= 0.3 is 0 Å². The van der Waals surface area contributed by atoms with E-state index in [1.165, 1.54) is 18.2 Å². The van der Waals surface area contributed by atoms with Crippen molar-refractivity contribution in [1.29, 1.82) is 0 Å². The van der Waals surface area contributed by atoms with Crippen molar-refractivity contribution in [3.63, 3.8) is 0 Å². The van der Waals surface area contributed by atoms with E-state index >= 15 is 0 Å². The van der Waals surface area contributed by atoms with Gasteiger partial charge < -0.3 is 20.4 Å². The molecule has 176 valence electrons. The summed E-state index contributed by atoms with van der Waals surface area (Å²) in [5.41, 5.74) is 1.12. The molecule has 2 aromatic carbocycles. The van der Waals surface area contributed by atoms with Gasteiger partial charge in [-0.15, -0.1) is 0 Å². The average Bonchev–Trinajstić information content (AvgIpc) is 3.28. The van der Waals surface area contributed by atoms with Crippen molar-refractivity contribution in [2.75, 3.05) is 44.4 Å². The van der Waals surface area contributed by atoms with Crippen LogP contribution in [0.15, 0.2) is 60.8 Å². The zero-order valence-corrected chi connectivity index (χ0v) is 19.2. The number of aromatic nitrogens is 2. The van der Waals surface area contributed by atoms with Gasteiger partial charge in [-0.1, -0.05) is 24.3 Å². The van der Waals surface area contributed by atoms with Crippen LogP contribution in [0, 0.1) is 5.82 Å². The van der Waals surface area contributed by atoms with E-state index in [0.29, 0.717) is 25.6 Å². The van der Waals surface area contributed by atoms with Crippen LogP contribution in [0.5, 0.6) is 0 Å². The number of hydrogen-bond donors (Lipinski definition) is 2.